The number of esters is 1. The Labute approximate surface area is 230 Å². The third-order valence-corrected chi connectivity index (χ3v) is 8.48. The van der Waals surface area contributed by atoms with Crippen molar-refractivity contribution in [3.8, 4) is 5.75 Å². The van der Waals surface area contributed by atoms with E-state index in [-0.39, 0.29) is 38.4 Å². The lowest BCUT2D eigenvalue weighted by Crippen LogP contribution is -2.57. The molecular formula is C28H30Cl2F2N2O4. The van der Waals surface area contributed by atoms with Crippen molar-refractivity contribution >= 4 is 35.1 Å². The molecule has 5 rings (SSSR count). The van der Waals surface area contributed by atoms with Crippen LogP contribution < -0.4 is 15.4 Å². The van der Waals surface area contributed by atoms with Crippen LogP contribution in [0.2, 0.25) is 10.0 Å². The Balaban J connectivity index is 1.71. The highest BCUT2D eigenvalue weighted by atomic mass is 35.5. The first-order valence-corrected chi connectivity index (χ1v) is 13.3. The Morgan fingerprint density at radius 2 is 1.89 bits per heavy atom. The molecule has 3 N–H and O–H groups in total. The Kier molecular flexibility index (Phi) is 6.58. The fourth-order valence-corrected chi connectivity index (χ4v) is 6.75. The van der Waals surface area contributed by atoms with E-state index in [2.05, 4.69) is 10.6 Å². The molecule has 3 aliphatic rings. The van der Waals surface area contributed by atoms with Crippen molar-refractivity contribution in [1.29, 1.82) is 0 Å². The largest absolute Gasteiger partial charge is 0.425 e. The van der Waals surface area contributed by atoms with Crippen LogP contribution in [0.15, 0.2) is 30.3 Å². The number of ether oxygens (including phenoxy) is 1. The third kappa shape index (κ3) is 4.39. The minimum absolute atomic E-state index is 0.0438. The zero-order chi connectivity index (χ0) is 27.8. The number of hydrogen-bond donors (Lipinski definition) is 3. The van der Waals surface area contributed by atoms with Crippen LogP contribution in [0.5, 0.6) is 5.75 Å². The SMILES string of the molecule is CC(C)(C)C[C@H]1N[C@@H](C(=O)N[C@H]2C[C@@](C)(O)C2)[C@H](c2cccc(Cl)c2F)[C@@]12C(=O)Oc1cc(Cl)c(F)cc12. The molecule has 1 aliphatic carbocycles. The van der Waals surface area contributed by atoms with Crippen molar-refractivity contribution in [2.75, 3.05) is 0 Å². The van der Waals surface area contributed by atoms with Gasteiger partial charge in [0.2, 0.25) is 5.91 Å². The van der Waals surface area contributed by atoms with Crippen LogP contribution in [-0.2, 0) is 15.0 Å². The minimum Gasteiger partial charge on any atom is -0.425 e. The van der Waals surface area contributed by atoms with Crippen LogP contribution in [0.25, 0.3) is 0 Å². The molecule has 204 valence electrons. The number of rotatable bonds is 4. The van der Waals surface area contributed by atoms with E-state index in [4.69, 9.17) is 27.9 Å². The summed E-state index contributed by atoms with van der Waals surface area (Å²) in [6, 6.07) is 4.72. The highest BCUT2D eigenvalue weighted by Crippen LogP contribution is 2.58. The van der Waals surface area contributed by atoms with E-state index in [0.29, 0.717) is 19.3 Å². The van der Waals surface area contributed by atoms with E-state index in [1.165, 1.54) is 18.2 Å². The zero-order valence-corrected chi connectivity index (χ0v) is 23.0. The smallest absolute Gasteiger partial charge is 0.324 e. The van der Waals surface area contributed by atoms with Crippen LogP contribution in [-0.4, -0.2) is 40.7 Å². The van der Waals surface area contributed by atoms with E-state index < -0.39 is 52.5 Å². The van der Waals surface area contributed by atoms with Crippen LogP contribution in [0, 0.1) is 17.0 Å². The van der Waals surface area contributed by atoms with Crippen LogP contribution >= 0.6 is 23.2 Å². The average molecular weight is 567 g/mol. The van der Waals surface area contributed by atoms with Gasteiger partial charge in [-0.1, -0.05) is 56.1 Å². The highest BCUT2D eigenvalue weighted by Gasteiger charge is 2.68. The molecule has 0 unspecified atom stereocenters. The monoisotopic (exact) mass is 566 g/mol. The second-order valence-corrected chi connectivity index (χ2v) is 13.0. The fourth-order valence-electron chi connectivity index (χ4n) is 6.42. The first-order valence-electron chi connectivity index (χ1n) is 12.6. The molecule has 0 bridgehead atoms. The van der Waals surface area contributed by atoms with Crippen molar-refractivity contribution < 1.29 is 28.2 Å². The molecule has 0 aromatic heterocycles. The number of benzene rings is 2. The summed E-state index contributed by atoms with van der Waals surface area (Å²) in [4.78, 5) is 27.7. The molecule has 1 amide bonds. The summed E-state index contributed by atoms with van der Waals surface area (Å²) in [5.74, 6) is -3.75. The van der Waals surface area contributed by atoms with Gasteiger partial charge in [-0.15, -0.1) is 0 Å². The predicted molar refractivity (Wildman–Crippen MR) is 139 cm³/mol. The Morgan fingerprint density at radius 1 is 1.21 bits per heavy atom. The number of nitrogens with one attached hydrogen (secondary N) is 2. The molecule has 38 heavy (non-hydrogen) atoms. The molecule has 2 aliphatic heterocycles. The quantitative estimate of drug-likeness (QED) is 0.357. The minimum atomic E-state index is -1.65. The lowest BCUT2D eigenvalue weighted by Gasteiger charge is -2.42. The van der Waals surface area contributed by atoms with Gasteiger partial charge in [0, 0.05) is 29.6 Å². The van der Waals surface area contributed by atoms with Gasteiger partial charge in [-0.2, -0.15) is 0 Å². The number of carbonyl (C=O) groups excluding carboxylic acids is 2. The summed E-state index contributed by atoms with van der Waals surface area (Å²) in [6.07, 6.45) is 1.12. The van der Waals surface area contributed by atoms with Gasteiger partial charge < -0.3 is 20.5 Å². The van der Waals surface area contributed by atoms with Crippen molar-refractivity contribution in [3.05, 3.63) is 63.1 Å². The van der Waals surface area contributed by atoms with E-state index in [1.54, 1.807) is 13.0 Å². The number of carbonyl (C=O) groups is 2. The predicted octanol–water partition coefficient (Wildman–Crippen LogP) is 5.02. The summed E-state index contributed by atoms with van der Waals surface area (Å²) in [7, 11) is 0. The van der Waals surface area contributed by atoms with Gasteiger partial charge in [0.05, 0.1) is 21.7 Å². The van der Waals surface area contributed by atoms with E-state index in [9.17, 15) is 19.1 Å². The van der Waals surface area contributed by atoms with E-state index >= 15 is 4.39 Å². The van der Waals surface area contributed by atoms with Gasteiger partial charge in [-0.05, 0) is 49.3 Å². The van der Waals surface area contributed by atoms with Crippen LogP contribution in [0.3, 0.4) is 0 Å². The summed E-state index contributed by atoms with van der Waals surface area (Å²) in [6.45, 7) is 7.62. The van der Waals surface area contributed by atoms with Crippen molar-refractivity contribution in [1.82, 2.24) is 10.6 Å². The standard InChI is InChI=1S/C28H30Cl2F2N2O4/c1-26(2,3)12-20-28(15-8-18(31)17(30)9-19(15)38-25(28)36)21(14-6-5-7-16(29)22(14)32)23(34-20)24(35)33-13-10-27(4,37)11-13/h5-9,13,20-21,23,34,37H,10-12H2,1-4H3,(H,33,35)/t13-,20-,21+,23-,27+,28+/m1/s1. The van der Waals surface area contributed by atoms with Crippen molar-refractivity contribution in [2.24, 2.45) is 5.41 Å². The first-order chi connectivity index (χ1) is 17.6. The van der Waals surface area contributed by atoms with Crippen LogP contribution in [0.1, 0.15) is 64.0 Å². The molecule has 1 spiro atoms. The van der Waals surface area contributed by atoms with E-state index in [0.717, 1.165) is 6.07 Å². The maximum absolute atomic E-state index is 15.7. The molecule has 4 atom stereocenters. The van der Waals surface area contributed by atoms with Gasteiger partial charge in [0.1, 0.15) is 22.8 Å². The van der Waals surface area contributed by atoms with E-state index in [1.807, 2.05) is 20.8 Å². The van der Waals surface area contributed by atoms with Gasteiger partial charge in [0.15, 0.2) is 0 Å². The second-order valence-electron chi connectivity index (χ2n) is 12.2. The fraction of sp³-hybridized carbons (Fsp3) is 0.500. The maximum atomic E-state index is 15.7. The average Bonchev–Trinajstić information content (AvgIpc) is 3.24. The number of amides is 1. The molecule has 10 heteroatoms. The molecule has 2 fully saturated rings. The molecule has 2 aromatic rings. The molecule has 0 radical (unpaired) electrons. The summed E-state index contributed by atoms with van der Waals surface area (Å²) < 4.78 is 36.3. The summed E-state index contributed by atoms with van der Waals surface area (Å²) >= 11 is 12.2. The number of hydrogen-bond acceptors (Lipinski definition) is 5. The van der Waals surface area contributed by atoms with Crippen molar-refractivity contribution in [2.45, 2.75) is 82.0 Å². The third-order valence-electron chi connectivity index (χ3n) is 7.90. The van der Waals surface area contributed by atoms with Gasteiger partial charge in [-0.25, -0.2) is 8.78 Å². The first kappa shape index (κ1) is 27.3. The highest BCUT2D eigenvalue weighted by molar-refractivity contribution is 6.31. The van der Waals surface area contributed by atoms with Crippen LogP contribution in [0.4, 0.5) is 8.78 Å². The number of aliphatic hydroxyl groups is 1. The number of halogens is 4. The Hall–Kier alpha value is -2.26. The molecule has 1 saturated heterocycles. The van der Waals surface area contributed by atoms with Gasteiger partial charge in [0.25, 0.3) is 0 Å². The Morgan fingerprint density at radius 3 is 2.53 bits per heavy atom. The lowest BCUT2D eigenvalue weighted by atomic mass is 9.62. The van der Waals surface area contributed by atoms with Gasteiger partial charge in [-0.3, -0.25) is 9.59 Å². The van der Waals surface area contributed by atoms with Gasteiger partial charge >= 0.3 is 5.97 Å². The second kappa shape index (κ2) is 9.15. The lowest BCUT2D eigenvalue weighted by molar-refractivity contribution is -0.139. The Bertz CT molecular complexity index is 1320. The summed E-state index contributed by atoms with van der Waals surface area (Å²) in [5.41, 5.74) is -2.61. The molecule has 1 saturated carbocycles. The molecule has 6 nitrogen and oxygen atoms in total. The maximum Gasteiger partial charge on any atom is 0.324 e. The summed E-state index contributed by atoms with van der Waals surface area (Å²) in [5, 5.41) is 16.0. The topological polar surface area (TPSA) is 87.7 Å². The molecule has 2 heterocycles. The number of fused-ring (bicyclic) bond motifs is 2. The van der Waals surface area contributed by atoms with Crippen molar-refractivity contribution in [3.63, 3.8) is 0 Å². The normalized spacial score (nSPS) is 32.2. The molecule has 2 aromatic carbocycles. The molecular weight excluding hydrogens is 537 g/mol. The zero-order valence-electron chi connectivity index (χ0n) is 21.5.